The quantitative estimate of drug-likeness (QED) is 0.809. The average Bonchev–Trinajstić information content (AvgIpc) is 2.24. The van der Waals surface area contributed by atoms with E-state index in [1.54, 1.807) is 0 Å². The molecule has 0 fully saturated rings. The van der Waals surface area contributed by atoms with Crippen LogP contribution in [0.15, 0.2) is 6.33 Å². The van der Waals surface area contributed by atoms with Gasteiger partial charge in [0.15, 0.2) is 0 Å². The molecule has 0 atom stereocenters. The van der Waals surface area contributed by atoms with Crippen molar-refractivity contribution < 1.29 is 4.79 Å². The van der Waals surface area contributed by atoms with Gasteiger partial charge in [-0.05, 0) is 19.8 Å². The molecule has 0 saturated carbocycles. The average molecular weight is 251 g/mol. The Labute approximate surface area is 107 Å². The van der Waals surface area contributed by atoms with Crippen LogP contribution < -0.4 is 16.4 Å². The summed E-state index contributed by atoms with van der Waals surface area (Å²) in [4.78, 5) is 21.3. The van der Waals surface area contributed by atoms with Gasteiger partial charge in [0.1, 0.15) is 18.0 Å². The Balaban J connectivity index is 3.27. The maximum absolute atomic E-state index is 11.2. The summed E-state index contributed by atoms with van der Waals surface area (Å²) in [6.45, 7) is 8.10. The fourth-order valence-corrected chi connectivity index (χ4v) is 1.85. The monoisotopic (exact) mass is 251 g/mol. The van der Waals surface area contributed by atoms with E-state index in [2.05, 4.69) is 9.97 Å². The Bertz CT molecular complexity index is 430. The third-order valence-corrected chi connectivity index (χ3v) is 2.69. The first-order valence-corrected chi connectivity index (χ1v) is 5.99. The molecule has 0 unspecified atom stereocenters. The Hall–Kier alpha value is -1.85. The minimum Gasteiger partial charge on any atom is -0.383 e. The van der Waals surface area contributed by atoms with Gasteiger partial charge in [0, 0.05) is 11.6 Å². The summed E-state index contributed by atoms with van der Waals surface area (Å²) in [6, 6.07) is 0.101. The third-order valence-electron chi connectivity index (χ3n) is 2.69. The molecular weight excluding hydrogens is 230 g/mol. The second kappa shape index (κ2) is 5.66. The molecule has 100 valence electrons. The molecule has 0 aliphatic carbocycles. The highest BCUT2D eigenvalue weighted by Crippen LogP contribution is 2.29. The van der Waals surface area contributed by atoms with Gasteiger partial charge in [0.2, 0.25) is 5.91 Å². The number of nitrogen functional groups attached to an aromatic ring is 1. The predicted molar refractivity (Wildman–Crippen MR) is 72.2 cm³/mol. The van der Waals surface area contributed by atoms with Gasteiger partial charge in [-0.1, -0.05) is 13.8 Å². The third kappa shape index (κ3) is 3.09. The van der Waals surface area contributed by atoms with E-state index in [9.17, 15) is 4.79 Å². The zero-order valence-corrected chi connectivity index (χ0v) is 11.3. The first kappa shape index (κ1) is 14.2. The van der Waals surface area contributed by atoms with E-state index in [1.807, 2.05) is 32.6 Å². The van der Waals surface area contributed by atoms with Crippen molar-refractivity contribution in [1.29, 1.82) is 0 Å². The molecule has 1 aromatic heterocycles. The Morgan fingerprint density at radius 3 is 2.39 bits per heavy atom. The van der Waals surface area contributed by atoms with Crippen LogP contribution in [0.1, 0.15) is 39.2 Å². The van der Waals surface area contributed by atoms with E-state index >= 15 is 0 Å². The standard InChI is InChI=1S/C12H21N5O/c1-7(2)10-11(14)15-6-16-12(10)17(8(3)4)5-9(13)18/h6-8H,5H2,1-4H3,(H2,13,18)(H2,14,15,16). The highest BCUT2D eigenvalue weighted by atomic mass is 16.1. The molecule has 0 bridgehead atoms. The van der Waals surface area contributed by atoms with E-state index in [0.29, 0.717) is 11.6 Å². The van der Waals surface area contributed by atoms with Crippen molar-refractivity contribution in [2.24, 2.45) is 5.73 Å². The number of primary amides is 1. The van der Waals surface area contributed by atoms with E-state index in [4.69, 9.17) is 11.5 Å². The van der Waals surface area contributed by atoms with Crippen molar-refractivity contribution >= 4 is 17.5 Å². The normalized spacial score (nSPS) is 11.0. The Morgan fingerprint density at radius 1 is 1.33 bits per heavy atom. The summed E-state index contributed by atoms with van der Waals surface area (Å²) in [6.07, 6.45) is 1.41. The van der Waals surface area contributed by atoms with Crippen LogP contribution in [0, 0.1) is 0 Å². The van der Waals surface area contributed by atoms with E-state index < -0.39 is 5.91 Å². The topological polar surface area (TPSA) is 98.1 Å². The number of amides is 1. The number of anilines is 2. The number of carbonyl (C=O) groups is 1. The summed E-state index contributed by atoms with van der Waals surface area (Å²) in [5.41, 5.74) is 12.0. The highest BCUT2D eigenvalue weighted by molar-refractivity contribution is 5.80. The molecule has 1 rings (SSSR count). The molecule has 0 saturated heterocycles. The lowest BCUT2D eigenvalue weighted by molar-refractivity contribution is -0.116. The number of aromatic nitrogens is 2. The second-order valence-electron chi connectivity index (χ2n) is 4.84. The van der Waals surface area contributed by atoms with Crippen LogP contribution in [0.2, 0.25) is 0 Å². The fourth-order valence-electron chi connectivity index (χ4n) is 1.85. The van der Waals surface area contributed by atoms with Gasteiger partial charge >= 0.3 is 0 Å². The van der Waals surface area contributed by atoms with E-state index in [0.717, 1.165) is 5.56 Å². The van der Waals surface area contributed by atoms with Crippen LogP contribution in [-0.4, -0.2) is 28.5 Å². The SMILES string of the molecule is CC(C)c1c(N)ncnc1N(CC(N)=O)C(C)C. The van der Waals surface area contributed by atoms with Gasteiger partial charge in [0.05, 0.1) is 6.54 Å². The van der Waals surface area contributed by atoms with E-state index in [-0.39, 0.29) is 18.5 Å². The first-order valence-electron chi connectivity index (χ1n) is 5.99. The summed E-state index contributed by atoms with van der Waals surface area (Å²) >= 11 is 0. The molecule has 1 aromatic rings. The summed E-state index contributed by atoms with van der Waals surface area (Å²) < 4.78 is 0. The molecule has 1 amide bonds. The largest absolute Gasteiger partial charge is 0.383 e. The van der Waals surface area contributed by atoms with Crippen molar-refractivity contribution in [1.82, 2.24) is 9.97 Å². The van der Waals surface area contributed by atoms with Crippen LogP contribution in [0.3, 0.4) is 0 Å². The molecule has 6 nitrogen and oxygen atoms in total. The number of carbonyl (C=O) groups excluding carboxylic acids is 1. The van der Waals surface area contributed by atoms with Crippen LogP contribution in [-0.2, 0) is 4.79 Å². The summed E-state index contributed by atoms with van der Waals surface area (Å²) in [5.74, 6) is 0.919. The number of nitrogens with zero attached hydrogens (tertiary/aromatic N) is 3. The lowest BCUT2D eigenvalue weighted by atomic mass is 10.0. The van der Waals surface area contributed by atoms with E-state index in [1.165, 1.54) is 6.33 Å². The molecule has 0 spiro atoms. The van der Waals surface area contributed by atoms with Crippen molar-refractivity contribution in [2.45, 2.75) is 39.7 Å². The van der Waals surface area contributed by atoms with Gasteiger partial charge in [-0.25, -0.2) is 9.97 Å². The number of hydrogen-bond donors (Lipinski definition) is 2. The maximum Gasteiger partial charge on any atom is 0.237 e. The molecule has 18 heavy (non-hydrogen) atoms. The molecule has 0 aromatic carbocycles. The van der Waals surface area contributed by atoms with Crippen molar-refractivity contribution in [2.75, 3.05) is 17.2 Å². The van der Waals surface area contributed by atoms with Gasteiger partial charge < -0.3 is 16.4 Å². The maximum atomic E-state index is 11.2. The van der Waals surface area contributed by atoms with Crippen LogP contribution >= 0.6 is 0 Å². The molecular formula is C12H21N5O. The predicted octanol–water partition coefficient (Wildman–Crippen LogP) is 0.882. The van der Waals surface area contributed by atoms with Gasteiger partial charge in [-0.2, -0.15) is 0 Å². The van der Waals surface area contributed by atoms with Crippen molar-refractivity contribution in [3.05, 3.63) is 11.9 Å². The lowest BCUT2D eigenvalue weighted by Crippen LogP contribution is -2.40. The lowest BCUT2D eigenvalue weighted by Gasteiger charge is -2.29. The molecule has 6 heteroatoms. The first-order chi connectivity index (χ1) is 8.34. The highest BCUT2D eigenvalue weighted by Gasteiger charge is 2.21. The number of nitrogens with two attached hydrogens (primary N) is 2. The minimum atomic E-state index is -0.393. The van der Waals surface area contributed by atoms with Crippen LogP contribution in [0.4, 0.5) is 11.6 Å². The molecule has 1 heterocycles. The molecule has 4 N–H and O–H groups in total. The summed E-state index contributed by atoms with van der Waals surface area (Å²) in [5, 5.41) is 0. The van der Waals surface area contributed by atoms with Gasteiger partial charge in [0.25, 0.3) is 0 Å². The van der Waals surface area contributed by atoms with Gasteiger partial charge in [-0.15, -0.1) is 0 Å². The van der Waals surface area contributed by atoms with Crippen LogP contribution in [0.5, 0.6) is 0 Å². The summed E-state index contributed by atoms with van der Waals surface area (Å²) in [7, 11) is 0. The van der Waals surface area contributed by atoms with Crippen LogP contribution in [0.25, 0.3) is 0 Å². The second-order valence-corrected chi connectivity index (χ2v) is 4.84. The number of rotatable bonds is 5. The van der Waals surface area contributed by atoms with Crippen molar-refractivity contribution in [3.63, 3.8) is 0 Å². The zero-order valence-electron chi connectivity index (χ0n) is 11.3. The molecule has 0 aliphatic rings. The molecule has 0 aliphatic heterocycles. The molecule has 0 radical (unpaired) electrons. The Kier molecular flexibility index (Phi) is 4.47. The number of hydrogen-bond acceptors (Lipinski definition) is 5. The van der Waals surface area contributed by atoms with Gasteiger partial charge in [-0.3, -0.25) is 4.79 Å². The smallest absolute Gasteiger partial charge is 0.237 e. The zero-order chi connectivity index (χ0) is 13.9. The fraction of sp³-hybridized carbons (Fsp3) is 0.583. The minimum absolute atomic E-state index is 0.101. The Morgan fingerprint density at radius 2 is 1.94 bits per heavy atom. The van der Waals surface area contributed by atoms with Crippen molar-refractivity contribution in [3.8, 4) is 0 Å².